The molecular weight excluding hydrogens is 266 g/mol. The Morgan fingerprint density at radius 3 is 2.90 bits per heavy atom. The van der Waals surface area contributed by atoms with E-state index in [1.807, 2.05) is 12.3 Å². The van der Waals surface area contributed by atoms with Crippen LogP contribution in [-0.2, 0) is 6.42 Å². The van der Waals surface area contributed by atoms with Crippen LogP contribution in [0.2, 0.25) is 0 Å². The Morgan fingerprint density at radius 2 is 2.10 bits per heavy atom. The molecule has 0 bridgehead atoms. The van der Waals surface area contributed by atoms with E-state index in [9.17, 15) is 0 Å². The smallest absolute Gasteiger partial charge is 0.106 e. The van der Waals surface area contributed by atoms with Crippen molar-refractivity contribution < 1.29 is 0 Å². The van der Waals surface area contributed by atoms with Crippen LogP contribution in [0, 0.1) is 5.92 Å². The minimum atomic E-state index is 0.415. The van der Waals surface area contributed by atoms with Gasteiger partial charge in [-0.2, -0.15) is 0 Å². The molecular formula is C16H17N3S. The second kappa shape index (κ2) is 5.21. The van der Waals surface area contributed by atoms with Gasteiger partial charge in [-0.3, -0.25) is 4.98 Å². The van der Waals surface area contributed by atoms with E-state index in [1.165, 1.54) is 11.3 Å². The van der Waals surface area contributed by atoms with Gasteiger partial charge in [-0.15, -0.1) is 0 Å². The molecule has 20 heavy (non-hydrogen) atoms. The molecule has 2 N–H and O–H groups in total. The standard InChI is InChI=1S/C16H17N3S/c1-11-8-12-4-2-3-5-14(12)19(10-11)15-9-18-7-6-13(15)16(17)20/h2-7,9,11H,8,10H2,1H3,(H2,17,20). The number of thiocarbonyl (C=S) groups is 1. The summed E-state index contributed by atoms with van der Waals surface area (Å²) in [6, 6.07) is 10.4. The third kappa shape index (κ3) is 2.27. The molecule has 3 rings (SSSR count). The van der Waals surface area contributed by atoms with E-state index in [2.05, 4.69) is 41.1 Å². The Kier molecular flexibility index (Phi) is 3.40. The van der Waals surface area contributed by atoms with Crippen molar-refractivity contribution in [3.63, 3.8) is 0 Å². The molecule has 0 saturated carbocycles. The van der Waals surface area contributed by atoms with Gasteiger partial charge in [0.25, 0.3) is 0 Å². The van der Waals surface area contributed by atoms with E-state index < -0.39 is 0 Å². The minimum absolute atomic E-state index is 0.415. The maximum atomic E-state index is 5.85. The number of benzene rings is 1. The first-order valence-electron chi connectivity index (χ1n) is 6.76. The third-order valence-electron chi connectivity index (χ3n) is 3.70. The van der Waals surface area contributed by atoms with E-state index in [-0.39, 0.29) is 0 Å². The average molecular weight is 283 g/mol. The number of para-hydroxylation sites is 1. The number of fused-ring (bicyclic) bond motifs is 1. The summed E-state index contributed by atoms with van der Waals surface area (Å²) in [6.45, 7) is 3.22. The fourth-order valence-corrected chi connectivity index (χ4v) is 3.01. The van der Waals surface area contributed by atoms with Crippen molar-refractivity contribution in [3.8, 4) is 0 Å². The van der Waals surface area contributed by atoms with Crippen LogP contribution in [0.15, 0.2) is 42.7 Å². The van der Waals surface area contributed by atoms with Gasteiger partial charge >= 0.3 is 0 Å². The zero-order valence-corrected chi connectivity index (χ0v) is 12.2. The number of rotatable bonds is 2. The Labute approximate surface area is 124 Å². The van der Waals surface area contributed by atoms with E-state index in [4.69, 9.17) is 18.0 Å². The van der Waals surface area contributed by atoms with Gasteiger partial charge in [-0.1, -0.05) is 37.3 Å². The molecule has 1 unspecified atom stereocenters. The fourth-order valence-electron chi connectivity index (χ4n) is 2.83. The van der Waals surface area contributed by atoms with E-state index in [1.54, 1.807) is 6.20 Å². The predicted molar refractivity (Wildman–Crippen MR) is 86.4 cm³/mol. The van der Waals surface area contributed by atoms with Crippen molar-refractivity contribution in [2.45, 2.75) is 13.3 Å². The lowest BCUT2D eigenvalue weighted by Gasteiger charge is -2.35. The van der Waals surface area contributed by atoms with Crippen molar-refractivity contribution in [1.29, 1.82) is 0 Å². The summed E-state index contributed by atoms with van der Waals surface area (Å²) < 4.78 is 0. The Balaban J connectivity index is 2.13. The zero-order chi connectivity index (χ0) is 14.1. The normalized spacial score (nSPS) is 17.6. The van der Waals surface area contributed by atoms with Crippen molar-refractivity contribution >= 4 is 28.6 Å². The number of nitrogens with zero attached hydrogens (tertiary/aromatic N) is 2. The van der Waals surface area contributed by atoms with Crippen molar-refractivity contribution in [1.82, 2.24) is 4.98 Å². The van der Waals surface area contributed by atoms with Crippen LogP contribution < -0.4 is 10.6 Å². The molecule has 1 aliphatic heterocycles. The van der Waals surface area contributed by atoms with Crippen LogP contribution in [0.25, 0.3) is 0 Å². The van der Waals surface area contributed by atoms with Gasteiger partial charge in [0.1, 0.15) is 4.99 Å². The molecule has 1 atom stereocenters. The lowest BCUT2D eigenvalue weighted by Crippen LogP contribution is -2.32. The Morgan fingerprint density at radius 1 is 1.30 bits per heavy atom. The van der Waals surface area contributed by atoms with Gasteiger partial charge in [0.05, 0.1) is 11.9 Å². The highest BCUT2D eigenvalue weighted by atomic mass is 32.1. The fraction of sp³-hybridized carbons (Fsp3) is 0.250. The van der Waals surface area contributed by atoms with Crippen molar-refractivity contribution in [2.75, 3.05) is 11.4 Å². The average Bonchev–Trinajstić information content (AvgIpc) is 2.46. The lowest BCUT2D eigenvalue weighted by atomic mass is 9.93. The van der Waals surface area contributed by atoms with Gasteiger partial charge < -0.3 is 10.6 Å². The summed E-state index contributed by atoms with van der Waals surface area (Å²) in [5, 5.41) is 0. The van der Waals surface area contributed by atoms with Crippen LogP contribution in [0.1, 0.15) is 18.1 Å². The number of pyridine rings is 1. The highest BCUT2D eigenvalue weighted by Gasteiger charge is 2.24. The molecule has 0 fully saturated rings. The SMILES string of the molecule is CC1Cc2ccccc2N(c2cnccc2C(N)=S)C1. The van der Waals surface area contributed by atoms with Crippen LogP contribution >= 0.6 is 12.2 Å². The molecule has 102 valence electrons. The molecule has 0 saturated heterocycles. The highest BCUT2D eigenvalue weighted by Crippen LogP contribution is 2.36. The highest BCUT2D eigenvalue weighted by molar-refractivity contribution is 7.80. The molecule has 1 aliphatic rings. The molecule has 1 aromatic carbocycles. The number of hydrogen-bond acceptors (Lipinski definition) is 3. The van der Waals surface area contributed by atoms with Crippen LogP contribution in [0.5, 0.6) is 0 Å². The van der Waals surface area contributed by atoms with Gasteiger partial charge in [0, 0.05) is 24.0 Å². The molecule has 0 amide bonds. The first kappa shape index (κ1) is 13.1. The quantitative estimate of drug-likeness (QED) is 0.860. The van der Waals surface area contributed by atoms with E-state index >= 15 is 0 Å². The van der Waals surface area contributed by atoms with Crippen LogP contribution in [-0.4, -0.2) is 16.5 Å². The largest absolute Gasteiger partial charge is 0.389 e. The summed E-state index contributed by atoms with van der Waals surface area (Å²) in [4.78, 5) is 6.94. The van der Waals surface area contributed by atoms with Gasteiger partial charge in [0.15, 0.2) is 0 Å². The summed E-state index contributed by atoms with van der Waals surface area (Å²) in [6.07, 6.45) is 4.69. The number of hydrogen-bond donors (Lipinski definition) is 1. The molecule has 0 spiro atoms. The molecule has 3 nitrogen and oxygen atoms in total. The minimum Gasteiger partial charge on any atom is -0.389 e. The van der Waals surface area contributed by atoms with Crippen molar-refractivity contribution in [2.24, 2.45) is 11.7 Å². The topological polar surface area (TPSA) is 42.2 Å². The zero-order valence-electron chi connectivity index (χ0n) is 11.4. The number of nitrogens with two attached hydrogens (primary N) is 1. The van der Waals surface area contributed by atoms with Gasteiger partial charge in [-0.05, 0) is 30.0 Å². The lowest BCUT2D eigenvalue weighted by molar-refractivity contribution is 0.562. The monoisotopic (exact) mass is 283 g/mol. The molecule has 1 aromatic heterocycles. The second-order valence-electron chi connectivity index (χ2n) is 5.31. The second-order valence-corrected chi connectivity index (χ2v) is 5.75. The maximum Gasteiger partial charge on any atom is 0.106 e. The van der Waals surface area contributed by atoms with Crippen LogP contribution in [0.3, 0.4) is 0 Å². The van der Waals surface area contributed by atoms with Crippen LogP contribution in [0.4, 0.5) is 11.4 Å². The first-order valence-corrected chi connectivity index (χ1v) is 7.17. The summed E-state index contributed by atoms with van der Waals surface area (Å²) in [5.41, 5.74) is 10.3. The summed E-state index contributed by atoms with van der Waals surface area (Å²) in [7, 11) is 0. The van der Waals surface area contributed by atoms with E-state index in [0.29, 0.717) is 10.9 Å². The first-order chi connectivity index (χ1) is 9.66. The molecule has 2 aromatic rings. The van der Waals surface area contributed by atoms with Gasteiger partial charge in [-0.25, -0.2) is 0 Å². The number of aromatic nitrogens is 1. The Hall–Kier alpha value is -1.94. The van der Waals surface area contributed by atoms with Crippen molar-refractivity contribution in [3.05, 3.63) is 53.9 Å². The van der Waals surface area contributed by atoms with E-state index in [0.717, 1.165) is 24.2 Å². The molecule has 0 aliphatic carbocycles. The summed E-state index contributed by atoms with van der Waals surface area (Å²) >= 11 is 5.17. The molecule has 2 heterocycles. The third-order valence-corrected chi connectivity index (χ3v) is 3.92. The van der Waals surface area contributed by atoms with Gasteiger partial charge in [0.2, 0.25) is 0 Å². The predicted octanol–water partition coefficient (Wildman–Crippen LogP) is 3.05. The Bertz CT molecular complexity index is 654. The molecule has 0 radical (unpaired) electrons. The summed E-state index contributed by atoms with van der Waals surface area (Å²) in [5.74, 6) is 0.587. The molecule has 4 heteroatoms. The number of anilines is 2. The maximum absolute atomic E-state index is 5.85.